The largest absolute Gasteiger partial charge is 0.465 e. The van der Waals surface area contributed by atoms with Gasteiger partial charge < -0.3 is 14.5 Å². The van der Waals surface area contributed by atoms with Crippen LogP contribution in [0.1, 0.15) is 33.3 Å². The van der Waals surface area contributed by atoms with E-state index >= 15 is 0 Å². The molecular formula is C22H26N4O4. The van der Waals surface area contributed by atoms with Gasteiger partial charge in [-0.25, -0.2) is 9.48 Å². The summed E-state index contributed by atoms with van der Waals surface area (Å²) in [7, 11) is 3.14. The molecule has 0 spiro atoms. The molecule has 3 aromatic rings. The number of aryl methyl sites for hydroxylation is 2. The van der Waals surface area contributed by atoms with Crippen molar-refractivity contribution in [1.29, 1.82) is 0 Å². The van der Waals surface area contributed by atoms with Gasteiger partial charge >= 0.3 is 5.97 Å². The molecule has 0 atom stereocenters. The summed E-state index contributed by atoms with van der Waals surface area (Å²) in [5.41, 5.74) is 3.64. The first-order valence-electron chi connectivity index (χ1n) is 9.57. The second-order valence-corrected chi connectivity index (χ2v) is 7.19. The Morgan fingerprint density at radius 2 is 1.90 bits per heavy atom. The molecule has 0 unspecified atom stereocenters. The zero-order valence-electron chi connectivity index (χ0n) is 17.9. The van der Waals surface area contributed by atoms with Crippen LogP contribution in [0.3, 0.4) is 0 Å². The van der Waals surface area contributed by atoms with Crippen molar-refractivity contribution in [3.05, 3.63) is 64.9 Å². The standard InChI is InChI=1S/C22H26N4O4/c1-14-21(15(2)26(24-14)17-9-7-6-8-10-17)23-20(27)13-25(4)12-18-11-19(16(3)30-18)22(28)29-5/h6-11H,12-13H2,1-5H3,(H,23,27). The van der Waals surface area contributed by atoms with E-state index in [1.54, 1.807) is 17.9 Å². The van der Waals surface area contributed by atoms with Crippen LogP contribution in [0.25, 0.3) is 5.69 Å². The fourth-order valence-electron chi connectivity index (χ4n) is 3.32. The number of methoxy groups -OCH3 is 1. The Morgan fingerprint density at radius 1 is 1.20 bits per heavy atom. The molecule has 2 heterocycles. The molecule has 0 radical (unpaired) electrons. The van der Waals surface area contributed by atoms with Crippen molar-refractivity contribution in [3.63, 3.8) is 0 Å². The smallest absolute Gasteiger partial charge is 0.341 e. The number of amides is 1. The number of carbonyl (C=O) groups is 2. The number of likely N-dealkylation sites (N-methyl/N-ethyl adjacent to an activating group) is 1. The number of hydrogen-bond donors (Lipinski definition) is 1. The van der Waals surface area contributed by atoms with E-state index < -0.39 is 5.97 Å². The van der Waals surface area contributed by atoms with E-state index in [9.17, 15) is 9.59 Å². The summed E-state index contributed by atoms with van der Waals surface area (Å²) in [6.07, 6.45) is 0. The Balaban J connectivity index is 1.65. The van der Waals surface area contributed by atoms with Crippen molar-refractivity contribution in [3.8, 4) is 5.69 Å². The minimum absolute atomic E-state index is 0.155. The normalized spacial score (nSPS) is 11.0. The molecule has 3 rings (SSSR count). The maximum absolute atomic E-state index is 12.6. The Labute approximate surface area is 175 Å². The van der Waals surface area contributed by atoms with Gasteiger partial charge in [-0.2, -0.15) is 5.10 Å². The Hall–Kier alpha value is -3.39. The van der Waals surface area contributed by atoms with E-state index in [4.69, 9.17) is 9.15 Å². The number of hydrogen-bond acceptors (Lipinski definition) is 6. The van der Waals surface area contributed by atoms with Crippen LogP contribution in [0.15, 0.2) is 40.8 Å². The first-order chi connectivity index (χ1) is 14.3. The number of nitrogens with one attached hydrogen (secondary N) is 1. The van der Waals surface area contributed by atoms with Crippen LogP contribution in [-0.2, 0) is 16.1 Å². The Morgan fingerprint density at radius 3 is 2.57 bits per heavy atom. The van der Waals surface area contributed by atoms with Crippen LogP contribution in [0.4, 0.5) is 5.69 Å². The molecule has 1 aromatic carbocycles. The number of ether oxygens (including phenoxy) is 1. The summed E-state index contributed by atoms with van der Waals surface area (Å²) in [5, 5.41) is 7.51. The number of furan rings is 1. The van der Waals surface area contributed by atoms with E-state index in [0.29, 0.717) is 29.3 Å². The fraction of sp³-hybridized carbons (Fsp3) is 0.318. The average Bonchev–Trinajstić information content (AvgIpc) is 3.21. The van der Waals surface area contributed by atoms with Gasteiger partial charge in [-0.3, -0.25) is 9.69 Å². The number of anilines is 1. The lowest BCUT2D eigenvalue weighted by Gasteiger charge is -2.15. The van der Waals surface area contributed by atoms with Crippen molar-refractivity contribution < 1.29 is 18.7 Å². The lowest BCUT2D eigenvalue weighted by molar-refractivity contribution is -0.117. The lowest BCUT2D eigenvalue weighted by atomic mass is 10.2. The zero-order valence-corrected chi connectivity index (χ0v) is 17.9. The van der Waals surface area contributed by atoms with E-state index in [0.717, 1.165) is 17.1 Å². The van der Waals surface area contributed by atoms with E-state index in [2.05, 4.69) is 10.4 Å². The molecule has 1 N–H and O–H groups in total. The third-order valence-electron chi connectivity index (χ3n) is 4.77. The molecule has 0 bridgehead atoms. The topological polar surface area (TPSA) is 89.6 Å². The molecule has 1 amide bonds. The molecule has 0 aliphatic heterocycles. The minimum Gasteiger partial charge on any atom is -0.465 e. The number of rotatable bonds is 7. The van der Waals surface area contributed by atoms with Crippen LogP contribution in [-0.4, -0.2) is 47.3 Å². The first kappa shape index (κ1) is 21.3. The lowest BCUT2D eigenvalue weighted by Crippen LogP contribution is -2.30. The summed E-state index contributed by atoms with van der Waals surface area (Å²) in [4.78, 5) is 26.1. The highest BCUT2D eigenvalue weighted by atomic mass is 16.5. The first-order valence-corrected chi connectivity index (χ1v) is 9.57. The summed E-state index contributed by atoms with van der Waals surface area (Å²) >= 11 is 0. The van der Waals surface area contributed by atoms with E-state index in [1.807, 2.05) is 55.9 Å². The molecule has 2 aromatic heterocycles. The number of carbonyl (C=O) groups excluding carboxylic acids is 2. The van der Waals surface area contributed by atoms with Crippen molar-refractivity contribution in [2.24, 2.45) is 0 Å². The SMILES string of the molecule is COC(=O)c1cc(CN(C)CC(=O)Nc2c(C)nn(-c3ccccc3)c2C)oc1C. The van der Waals surface area contributed by atoms with Crippen LogP contribution in [0.5, 0.6) is 0 Å². The van der Waals surface area contributed by atoms with E-state index in [1.165, 1.54) is 7.11 Å². The quantitative estimate of drug-likeness (QED) is 0.602. The number of nitrogens with zero attached hydrogens (tertiary/aromatic N) is 3. The molecule has 0 aliphatic rings. The molecule has 0 saturated carbocycles. The monoisotopic (exact) mass is 410 g/mol. The summed E-state index contributed by atoms with van der Waals surface area (Å²) in [6.45, 7) is 6.03. The number of benzene rings is 1. The molecule has 30 heavy (non-hydrogen) atoms. The third kappa shape index (κ3) is 4.60. The summed E-state index contributed by atoms with van der Waals surface area (Å²) < 4.78 is 12.2. The van der Waals surface area contributed by atoms with Gasteiger partial charge in [0, 0.05) is 0 Å². The highest BCUT2D eigenvalue weighted by Gasteiger charge is 2.19. The second kappa shape index (κ2) is 8.96. The predicted octanol–water partition coefficient (Wildman–Crippen LogP) is 3.25. The van der Waals surface area contributed by atoms with Gasteiger partial charge in [-0.15, -0.1) is 0 Å². The van der Waals surface area contributed by atoms with Crippen molar-refractivity contribution in [2.45, 2.75) is 27.3 Å². The maximum Gasteiger partial charge on any atom is 0.341 e. The van der Waals surface area contributed by atoms with E-state index in [-0.39, 0.29) is 12.5 Å². The number of aromatic nitrogens is 2. The van der Waals surface area contributed by atoms with Gasteiger partial charge in [0.1, 0.15) is 17.1 Å². The molecule has 8 nitrogen and oxygen atoms in total. The molecule has 0 fully saturated rings. The Bertz CT molecular complexity index is 1050. The van der Waals surface area contributed by atoms with Gasteiger partial charge in [0.25, 0.3) is 0 Å². The summed E-state index contributed by atoms with van der Waals surface area (Å²) in [5.74, 6) is 0.485. The van der Waals surface area contributed by atoms with Crippen LogP contribution in [0, 0.1) is 20.8 Å². The summed E-state index contributed by atoms with van der Waals surface area (Å²) in [6, 6.07) is 11.4. The van der Waals surface area contributed by atoms with Gasteiger partial charge in [0.05, 0.1) is 43.0 Å². The highest BCUT2D eigenvalue weighted by molar-refractivity contribution is 5.93. The zero-order chi connectivity index (χ0) is 21.8. The van der Waals surface area contributed by atoms with Gasteiger partial charge in [-0.1, -0.05) is 18.2 Å². The van der Waals surface area contributed by atoms with Crippen LogP contribution < -0.4 is 5.32 Å². The van der Waals surface area contributed by atoms with Gasteiger partial charge in [-0.05, 0) is 46.0 Å². The van der Waals surface area contributed by atoms with Crippen molar-refractivity contribution >= 4 is 17.6 Å². The molecular weight excluding hydrogens is 384 g/mol. The van der Waals surface area contributed by atoms with Gasteiger partial charge in [0.15, 0.2) is 0 Å². The number of esters is 1. The van der Waals surface area contributed by atoms with Crippen LogP contribution >= 0.6 is 0 Å². The third-order valence-corrected chi connectivity index (χ3v) is 4.77. The average molecular weight is 410 g/mol. The molecule has 158 valence electrons. The van der Waals surface area contributed by atoms with Crippen molar-refractivity contribution in [2.75, 3.05) is 26.0 Å². The fourth-order valence-corrected chi connectivity index (χ4v) is 3.32. The number of para-hydroxylation sites is 1. The molecule has 0 saturated heterocycles. The molecule has 0 aliphatic carbocycles. The molecule has 8 heteroatoms. The highest BCUT2D eigenvalue weighted by Crippen LogP contribution is 2.23. The van der Waals surface area contributed by atoms with Crippen molar-refractivity contribution in [1.82, 2.24) is 14.7 Å². The van der Waals surface area contributed by atoms with Gasteiger partial charge in [0.2, 0.25) is 5.91 Å². The second-order valence-electron chi connectivity index (χ2n) is 7.19. The van der Waals surface area contributed by atoms with Crippen LogP contribution in [0.2, 0.25) is 0 Å². The minimum atomic E-state index is -0.440. The maximum atomic E-state index is 12.6. The Kier molecular flexibility index (Phi) is 6.37. The predicted molar refractivity (Wildman–Crippen MR) is 113 cm³/mol.